The number of aromatic nitrogens is 3. The minimum Gasteiger partial charge on any atom is -0.474 e. The Bertz CT molecular complexity index is 669. The first-order valence-electron chi connectivity index (χ1n) is 8.14. The van der Waals surface area contributed by atoms with Crippen LogP contribution in [-0.2, 0) is 20.1 Å². The van der Waals surface area contributed by atoms with Crippen molar-refractivity contribution in [1.29, 1.82) is 0 Å². The lowest BCUT2D eigenvalue weighted by atomic mass is 10.2. The number of hydrogen-bond donors (Lipinski definition) is 1. The van der Waals surface area contributed by atoms with Gasteiger partial charge in [-0.25, -0.2) is 4.98 Å². The fourth-order valence-corrected chi connectivity index (χ4v) is 3.25. The summed E-state index contributed by atoms with van der Waals surface area (Å²) in [6, 6.07) is 4.02. The van der Waals surface area contributed by atoms with E-state index < -0.39 is 0 Å². The van der Waals surface area contributed by atoms with Crippen molar-refractivity contribution >= 4 is 24.0 Å². The fourth-order valence-electron chi connectivity index (χ4n) is 3.01. The third kappa shape index (κ3) is 4.62. The summed E-state index contributed by atoms with van der Waals surface area (Å²) in [6.45, 7) is 3.41. The van der Waals surface area contributed by atoms with Crippen molar-refractivity contribution in [3.63, 3.8) is 0 Å². The van der Waals surface area contributed by atoms with Crippen LogP contribution in [0.15, 0.2) is 18.3 Å². The van der Waals surface area contributed by atoms with Crippen molar-refractivity contribution in [1.82, 2.24) is 20.1 Å². The van der Waals surface area contributed by atoms with Gasteiger partial charge in [0.05, 0.1) is 5.69 Å². The first kappa shape index (κ1) is 19.0. The molecule has 5 nitrogen and oxygen atoms in total. The molecule has 0 saturated heterocycles. The Morgan fingerprint density at radius 2 is 2.08 bits per heavy atom. The van der Waals surface area contributed by atoms with Crippen molar-refractivity contribution in [3.8, 4) is 5.88 Å². The number of ether oxygens (including phenoxy) is 1. The van der Waals surface area contributed by atoms with E-state index in [2.05, 4.69) is 15.4 Å². The highest BCUT2D eigenvalue weighted by atomic mass is 35.5. The molecule has 2 aromatic rings. The van der Waals surface area contributed by atoms with Gasteiger partial charge in [-0.3, -0.25) is 4.68 Å². The van der Waals surface area contributed by atoms with Crippen LogP contribution in [0.25, 0.3) is 0 Å². The molecule has 0 aliphatic heterocycles. The lowest BCUT2D eigenvalue weighted by Gasteiger charge is -2.13. The third-order valence-corrected chi connectivity index (χ3v) is 4.76. The summed E-state index contributed by atoms with van der Waals surface area (Å²) >= 11 is 6.25. The zero-order valence-electron chi connectivity index (χ0n) is 14.1. The molecule has 0 unspecified atom stereocenters. The maximum Gasteiger partial charge on any atom is 0.213 e. The normalized spacial score (nSPS) is 14.6. The van der Waals surface area contributed by atoms with Gasteiger partial charge in [-0.05, 0) is 44.2 Å². The van der Waals surface area contributed by atoms with Gasteiger partial charge in [-0.2, -0.15) is 5.10 Å². The monoisotopic (exact) mass is 370 g/mol. The number of aryl methyl sites for hydroxylation is 2. The zero-order valence-corrected chi connectivity index (χ0v) is 15.7. The molecule has 0 aromatic carbocycles. The van der Waals surface area contributed by atoms with Gasteiger partial charge in [0.1, 0.15) is 11.3 Å². The quantitative estimate of drug-likeness (QED) is 0.839. The van der Waals surface area contributed by atoms with Crippen LogP contribution in [-0.4, -0.2) is 20.9 Å². The summed E-state index contributed by atoms with van der Waals surface area (Å²) < 4.78 is 7.65. The summed E-state index contributed by atoms with van der Waals surface area (Å²) in [4.78, 5) is 4.32. The molecule has 3 rings (SSSR count). The number of nitrogens with one attached hydrogen (secondary N) is 1. The first-order valence-corrected chi connectivity index (χ1v) is 8.51. The third-order valence-electron chi connectivity index (χ3n) is 4.29. The van der Waals surface area contributed by atoms with Crippen molar-refractivity contribution in [3.05, 3.63) is 40.3 Å². The Labute approximate surface area is 154 Å². The first-order chi connectivity index (χ1) is 11.1. The van der Waals surface area contributed by atoms with Crippen molar-refractivity contribution in [2.45, 2.75) is 51.8 Å². The summed E-state index contributed by atoms with van der Waals surface area (Å²) in [5.74, 6) is 0.729. The van der Waals surface area contributed by atoms with E-state index in [1.54, 1.807) is 4.68 Å². The Hall–Kier alpha value is -1.30. The summed E-state index contributed by atoms with van der Waals surface area (Å²) in [5.41, 5.74) is 3.17. The lowest BCUT2D eigenvalue weighted by Crippen LogP contribution is -2.15. The Morgan fingerprint density at radius 3 is 2.75 bits per heavy atom. The van der Waals surface area contributed by atoms with Crippen LogP contribution in [0.2, 0.25) is 5.15 Å². The maximum atomic E-state index is 6.25. The SMILES string of the molecule is Cc1nn(C)c(Cl)c1CNCc1ccnc(OC2CCCC2)c1.Cl. The molecule has 1 saturated carbocycles. The van der Waals surface area contributed by atoms with Crippen molar-refractivity contribution in [2.24, 2.45) is 7.05 Å². The number of halogens is 2. The number of hydrogen-bond acceptors (Lipinski definition) is 4. The molecular formula is C17H24Cl2N4O. The largest absolute Gasteiger partial charge is 0.474 e. The van der Waals surface area contributed by atoms with Gasteiger partial charge in [0.25, 0.3) is 0 Å². The van der Waals surface area contributed by atoms with Gasteiger partial charge >= 0.3 is 0 Å². The Balaban J connectivity index is 0.00000208. The van der Waals surface area contributed by atoms with Gasteiger partial charge in [-0.1, -0.05) is 11.6 Å². The molecule has 0 atom stereocenters. The average Bonchev–Trinajstić information content (AvgIpc) is 3.11. The van der Waals surface area contributed by atoms with Gasteiger partial charge in [-0.15, -0.1) is 12.4 Å². The minimum atomic E-state index is 0. The van der Waals surface area contributed by atoms with E-state index in [0.717, 1.165) is 42.1 Å². The molecule has 1 fully saturated rings. The van der Waals surface area contributed by atoms with Crippen LogP contribution in [0.4, 0.5) is 0 Å². The summed E-state index contributed by atoms with van der Waals surface area (Å²) in [7, 11) is 1.86. The van der Waals surface area contributed by atoms with E-state index in [1.165, 1.54) is 12.8 Å². The smallest absolute Gasteiger partial charge is 0.213 e. The standard InChI is InChI=1S/C17H23ClN4O.ClH/c1-12-15(17(18)22(2)21-12)11-19-10-13-7-8-20-16(9-13)23-14-5-3-4-6-14;/h7-9,14,19H,3-6,10-11H2,1-2H3;1H. The molecule has 0 spiro atoms. The van der Waals surface area contributed by atoms with Crippen LogP contribution in [0.5, 0.6) is 5.88 Å². The second-order valence-corrected chi connectivity index (χ2v) is 6.47. The molecule has 0 radical (unpaired) electrons. The van der Waals surface area contributed by atoms with E-state index in [4.69, 9.17) is 16.3 Å². The van der Waals surface area contributed by atoms with Gasteiger partial charge in [0, 0.05) is 38.0 Å². The molecule has 1 aliphatic carbocycles. The number of nitrogens with zero attached hydrogens (tertiary/aromatic N) is 3. The van der Waals surface area contributed by atoms with Crippen LogP contribution in [0.1, 0.15) is 42.5 Å². The molecule has 24 heavy (non-hydrogen) atoms. The number of pyridine rings is 1. The van der Waals surface area contributed by atoms with E-state index in [-0.39, 0.29) is 12.4 Å². The predicted octanol–water partition coefficient (Wildman–Crippen LogP) is 3.81. The molecule has 0 bridgehead atoms. The average molecular weight is 371 g/mol. The maximum absolute atomic E-state index is 6.25. The van der Waals surface area contributed by atoms with Crippen molar-refractivity contribution < 1.29 is 4.74 Å². The van der Waals surface area contributed by atoms with Gasteiger partial charge < -0.3 is 10.1 Å². The number of rotatable bonds is 6. The second kappa shape index (κ2) is 8.70. The van der Waals surface area contributed by atoms with E-state index in [0.29, 0.717) is 17.8 Å². The van der Waals surface area contributed by atoms with Gasteiger partial charge in [0.15, 0.2) is 0 Å². The minimum absolute atomic E-state index is 0. The predicted molar refractivity (Wildman–Crippen MR) is 97.9 cm³/mol. The summed E-state index contributed by atoms with van der Waals surface area (Å²) in [6.07, 6.45) is 6.95. The Morgan fingerprint density at radius 1 is 1.33 bits per heavy atom. The molecule has 2 aromatic heterocycles. The lowest BCUT2D eigenvalue weighted by molar-refractivity contribution is 0.201. The topological polar surface area (TPSA) is 52.0 Å². The van der Waals surface area contributed by atoms with E-state index in [1.807, 2.05) is 32.3 Å². The van der Waals surface area contributed by atoms with Crippen LogP contribution >= 0.6 is 24.0 Å². The van der Waals surface area contributed by atoms with Crippen LogP contribution in [0, 0.1) is 6.92 Å². The molecule has 0 amide bonds. The highest BCUT2D eigenvalue weighted by Gasteiger charge is 2.17. The molecular weight excluding hydrogens is 347 g/mol. The van der Waals surface area contributed by atoms with Gasteiger partial charge in [0.2, 0.25) is 5.88 Å². The molecule has 1 N–H and O–H groups in total. The molecule has 132 valence electrons. The highest BCUT2D eigenvalue weighted by Crippen LogP contribution is 2.23. The molecule has 7 heteroatoms. The van der Waals surface area contributed by atoms with Crippen LogP contribution < -0.4 is 10.1 Å². The highest BCUT2D eigenvalue weighted by molar-refractivity contribution is 6.30. The zero-order chi connectivity index (χ0) is 16.2. The molecule has 2 heterocycles. The van der Waals surface area contributed by atoms with Crippen LogP contribution in [0.3, 0.4) is 0 Å². The second-order valence-electron chi connectivity index (χ2n) is 6.11. The fraction of sp³-hybridized carbons (Fsp3) is 0.529. The van der Waals surface area contributed by atoms with Crippen molar-refractivity contribution in [2.75, 3.05) is 0 Å². The van der Waals surface area contributed by atoms with E-state index >= 15 is 0 Å². The van der Waals surface area contributed by atoms with E-state index in [9.17, 15) is 0 Å². The molecule has 1 aliphatic rings. The Kier molecular flexibility index (Phi) is 6.90. The summed E-state index contributed by atoms with van der Waals surface area (Å²) in [5, 5.41) is 8.42.